The molecule has 0 saturated carbocycles. The number of pyridine rings is 1. The number of hydrogen-bond acceptors (Lipinski definition) is 4. The number of aromatic nitrogens is 3. The fraction of sp³-hybridized carbons (Fsp3) is 0.435. The number of nitrogens with zero attached hydrogens (tertiary/aromatic N) is 3. The number of carbonyl (C=O) groups excluding carboxylic acids is 1. The van der Waals surface area contributed by atoms with Crippen LogP contribution in [0.15, 0.2) is 48.7 Å². The van der Waals surface area contributed by atoms with Crippen molar-refractivity contribution in [3.63, 3.8) is 0 Å². The molecule has 1 fully saturated rings. The molecule has 1 amide bonds. The Balaban J connectivity index is 1.66. The van der Waals surface area contributed by atoms with Gasteiger partial charge in [-0.1, -0.05) is 37.3 Å². The van der Waals surface area contributed by atoms with Gasteiger partial charge in [0.05, 0.1) is 11.6 Å². The number of rotatable bonds is 6. The maximum atomic E-state index is 13.3. The fourth-order valence-electron chi connectivity index (χ4n) is 4.07. The Morgan fingerprint density at radius 2 is 1.88 bits per heavy atom. The van der Waals surface area contributed by atoms with E-state index in [1.165, 1.54) is 10.5 Å². The lowest BCUT2D eigenvalue weighted by atomic mass is 9.80. The second kappa shape index (κ2) is 8.90. The molecular weight excluding hydrogens is 419 g/mol. The highest BCUT2D eigenvalue weighted by Gasteiger charge is 2.37. The molecule has 2 aromatic heterocycles. The molecule has 0 aliphatic carbocycles. The summed E-state index contributed by atoms with van der Waals surface area (Å²) < 4.78 is 41.2. The van der Waals surface area contributed by atoms with Crippen LogP contribution in [0.4, 0.5) is 13.2 Å². The molecule has 32 heavy (non-hydrogen) atoms. The molecule has 0 bridgehead atoms. The van der Waals surface area contributed by atoms with Crippen LogP contribution < -0.4 is 10.6 Å². The van der Waals surface area contributed by atoms with E-state index in [0.717, 1.165) is 30.9 Å². The molecule has 1 aliphatic heterocycles. The monoisotopic (exact) mass is 445 g/mol. The van der Waals surface area contributed by atoms with Crippen molar-refractivity contribution in [2.24, 2.45) is 5.41 Å². The predicted octanol–water partition coefficient (Wildman–Crippen LogP) is 3.93. The summed E-state index contributed by atoms with van der Waals surface area (Å²) in [7, 11) is 0. The van der Waals surface area contributed by atoms with E-state index in [9.17, 15) is 18.0 Å². The van der Waals surface area contributed by atoms with E-state index >= 15 is 0 Å². The predicted molar refractivity (Wildman–Crippen MR) is 114 cm³/mol. The zero-order chi connectivity index (χ0) is 22.8. The first-order chi connectivity index (χ1) is 15.3. The fourth-order valence-corrected chi connectivity index (χ4v) is 4.07. The van der Waals surface area contributed by atoms with Gasteiger partial charge in [-0.2, -0.15) is 13.2 Å². The third-order valence-electron chi connectivity index (χ3n) is 6.19. The topological polar surface area (TPSA) is 71.3 Å². The number of piperidine rings is 1. The highest BCUT2D eigenvalue weighted by Crippen LogP contribution is 2.32. The van der Waals surface area contributed by atoms with Gasteiger partial charge in [0.25, 0.3) is 0 Å². The van der Waals surface area contributed by atoms with Crippen molar-refractivity contribution in [3.8, 4) is 0 Å². The number of fused-ring (bicyclic) bond motifs is 1. The van der Waals surface area contributed by atoms with Gasteiger partial charge in [0.2, 0.25) is 5.91 Å². The second-order valence-corrected chi connectivity index (χ2v) is 8.56. The molecule has 6 nitrogen and oxygen atoms in total. The summed E-state index contributed by atoms with van der Waals surface area (Å²) in [6, 6.07) is 11.5. The van der Waals surface area contributed by atoms with Crippen molar-refractivity contribution < 1.29 is 18.0 Å². The molecule has 1 saturated heterocycles. The summed E-state index contributed by atoms with van der Waals surface area (Å²) in [6.07, 6.45) is -0.967. The molecule has 1 aromatic carbocycles. The summed E-state index contributed by atoms with van der Waals surface area (Å²) in [5, 5.41) is 14.5. The van der Waals surface area contributed by atoms with Crippen molar-refractivity contribution in [3.05, 3.63) is 65.6 Å². The summed E-state index contributed by atoms with van der Waals surface area (Å²) in [6.45, 7) is 3.43. The Kier molecular flexibility index (Phi) is 6.19. The Morgan fingerprint density at radius 3 is 2.56 bits per heavy atom. The van der Waals surface area contributed by atoms with Crippen LogP contribution in [0.25, 0.3) is 5.65 Å². The molecule has 0 spiro atoms. The third-order valence-corrected chi connectivity index (χ3v) is 6.19. The van der Waals surface area contributed by atoms with Crippen LogP contribution in [0, 0.1) is 5.41 Å². The Morgan fingerprint density at radius 1 is 1.16 bits per heavy atom. The quantitative estimate of drug-likeness (QED) is 0.603. The molecule has 170 valence electrons. The van der Waals surface area contributed by atoms with Crippen molar-refractivity contribution in [1.82, 2.24) is 25.2 Å². The van der Waals surface area contributed by atoms with Crippen LogP contribution in [0.5, 0.6) is 0 Å². The number of aryl methyl sites for hydroxylation is 1. The molecule has 9 heteroatoms. The normalized spacial score (nSPS) is 17.2. The number of halogens is 3. The highest BCUT2D eigenvalue weighted by atomic mass is 19.4. The summed E-state index contributed by atoms with van der Waals surface area (Å²) >= 11 is 0. The molecule has 3 heterocycles. The molecule has 2 N–H and O–H groups in total. The van der Waals surface area contributed by atoms with Gasteiger partial charge >= 0.3 is 6.18 Å². The summed E-state index contributed by atoms with van der Waals surface area (Å²) in [4.78, 5) is 13.2. The molecule has 3 aromatic rings. The molecule has 1 aliphatic rings. The van der Waals surface area contributed by atoms with Crippen LogP contribution in [0.2, 0.25) is 0 Å². The number of nitrogens with one attached hydrogen (secondary N) is 2. The Bertz CT molecular complexity index is 1070. The molecular formula is C23H26F3N5O. The maximum Gasteiger partial charge on any atom is 0.417 e. The minimum atomic E-state index is -4.49. The number of benzene rings is 1. The van der Waals surface area contributed by atoms with Crippen LogP contribution >= 0.6 is 0 Å². The van der Waals surface area contributed by atoms with E-state index in [-0.39, 0.29) is 5.91 Å². The van der Waals surface area contributed by atoms with Gasteiger partial charge < -0.3 is 10.6 Å². The van der Waals surface area contributed by atoms with E-state index < -0.39 is 23.2 Å². The van der Waals surface area contributed by atoms with Crippen molar-refractivity contribution in [1.29, 1.82) is 0 Å². The van der Waals surface area contributed by atoms with E-state index in [1.54, 1.807) is 0 Å². The molecule has 4 rings (SSSR count). The minimum absolute atomic E-state index is 0.110. The van der Waals surface area contributed by atoms with Crippen LogP contribution in [-0.4, -0.2) is 33.6 Å². The van der Waals surface area contributed by atoms with Gasteiger partial charge in [-0.05, 0) is 56.5 Å². The van der Waals surface area contributed by atoms with Gasteiger partial charge in [-0.15, -0.1) is 10.2 Å². The lowest BCUT2D eigenvalue weighted by molar-refractivity contribution is -0.138. The minimum Gasteiger partial charge on any atom is -0.346 e. The molecule has 0 unspecified atom stereocenters. The number of hydrogen-bond donors (Lipinski definition) is 2. The Labute approximate surface area is 184 Å². The first-order valence-electron chi connectivity index (χ1n) is 10.7. The van der Waals surface area contributed by atoms with E-state index in [0.29, 0.717) is 37.2 Å². The first kappa shape index (κ1) is 22.3. The van der Waals surface area contributed by atoms with E-state index in [1.807, 2.05) is 37.3 Å². The zero-order valence-corrected chi connectivity index (χ0v) is 17.8. The van der Waals surface area contributed by atoms with Crippen molar-refractivity contribution in [2.75, 3.05) is 13.1 Å². The SMILES string of the molecule is CC1(C(=O)N[C@H](CCc2ccccc2)c2nnc3ccc(C(F)(F)F)cn23)CCNCC1. The van der Waals surface area contributed by atoms with E-state index in [2.05, 4.69) is 20.8 Å². The second-order valence-electron chi connectivity index (χ2n) is 8.56. The maximum absolute atomic E-state index is 13.3. The van der Waals surface area contributed by atoms with E-state index in [4.69, 9.17) is 0 Å². The van der Waals surface area contributed by atoms with Gasteiger partial charge in [-0.3, -0.25) is 9.20 Å². The smallest absolute Gasteiger partial charge is 0.346 e. The van der Waals surface area contributed by atoms with Crippen molar-refractivity contribution in [2.45, 2.75) is 44.8 Å². The lowest BCUT2D eigenvalue weighted by Gasteiger charge is -2.34. The average Bonchev–Trinajstić information content (AvgIpc) is 3.20. The van der Waals surface area contributed by atoms with Gasteiger partial charge in [-0.25, -0.2) is 0 Å². The van der Waals surface area contributed by atoms with Gasteiger partial charge in [0.1, 0.15) is 0 Å². The third kappa shape index (κ3) is 4.77. The first-order valence-corrected chi connectivity index (χ1v) is 10.7. The number of amides is 1. The Hall–Kier alpha value is -2.94. The molecule has 1 atom stereocenters. The van der Waals surface area contributed by atoms with Crippen LogP contribution in [-0.2, 0) is 17.4 Å². The number of carbonyl (C=O) groups is 1. The number of alkyl halides is 3. The molecule has 0 radical (unpaired) electrons. The average molecular weight is 445 g/mol. The standard InChI is InChI=1S/C23H26F3N5O/c1-22(11-13-27-14-12-22)21(32)28-18(9-7-16-5-3-2-4-6-16)20-30-29-19-10-8-17(15-31(19)20)23(24,25)26/h2-6,8,10,15,18,27H,7,9,11-14H2,1H3,(H,28,32)/t18-/m1/s1. The van der Waals surface area contributed by atoms with Crippen molar-refractivity contribution >= 4 is 11.6 Å². The summed E-state index contributed by atoms with van der Waals surface area (Å²) in [5.41, 5.74) is 0.0580. The highest BCUT2D eigenvalue weighted by molar-refractivity contribution is 5.82. The van der Waals surface area contributed by atoms with Crippen LogP contribution in [0.1, 0.15) is 49.2 Å². The van der Waals surface area contributed by atoms with Crippen LogP contribution in [0.3, 0.4) is 0 Å². The largest absolute Gasteiger partial charge is 0.417 e. The summed E-state index contributed by atoms with van der Waals surface area (Å²) in [5.74, 6) is 0.189. The lowest BCUT2D eigenvalue weighted by Crippen LogP contribution is -2.47. The zero-order valence-electron chi connectivity index (χ0n) is 17.8. The van der Waals surface area contributed by atoms with Gasteiger partial charge in [0.15, 0.2) is 11.5 Å². The van der Waals surface area contributed by atoms with Gasteiger partial charge in [0, 0.05) is 11.6 Å².